The van der Waals surface area contributed by atoms with E-state index < -0.39 is 0 Å². The summed E-state index contributed by atoms with van der Waals surface area (Å²) in [5.74, 6) is 1.76. The molecule has 0 radical (unpaired) electrons. The van der Waals surface area contributed by atoms with Crippen molar-refractivity contribution >= 4 is 28.5 Å². The lowest BCUT2D eigenvalue weighted by Gasteiger charge is -2.40. The highest BCUT2D eigenvalue weighted by atomic mass is 16.2. The molecule has 2 N–H and O–H groups in total. The molecule has 8 heteroatoms. The number of benzene rings is 1. The van der Waals surface area contributed by atoms with E-state index in [1.54, 1.807) is 6.20 Å². The first kappa shape index (κ1) is 31.4. The SMILES string of the molecule is C=CC(=O)N1CCCC2(CCN(Cc3ccc(-n4c(-c5cccnc5N)nc5ccc(C6=CCC(C)C=C6)nc54)cc3)C2)C1.CC. The number of aromatic nitrogens is 4. The smallest absolute Gasteiger partial charge is 0.245 e. The highest BCUT2D eigenvalue weighted by Crippen LogP contribution is 2.40. The van der Waals surface area contributed by atoms with Gasteiger partial charge < -0.3 is 10.6 Å². The maximum Gasteiger partial charge on any atom is 0.245 e. The molecule has 2 unspecified atom stereocenters. The van der Waals surface area contributed by atoms with Gasteiger partial charge in [0, 0.05) is 43.5 Å². The van der Waals surface area contributed by atoms with E-state index in [0.29, 0.717) is 11.7 Å². The van der Waals surface area contributed by atoms with Crippen molar-refractivity contribution in [2.75, 3.05) is 31.9 Å². The van der Waals surface area contributed by atoms with Crippen molar-refractivity contribution in [3.8, 4) is 17.1 Å². The predicted molar refractivity (Wildman–Crippen MR) is 187 cm³/mol. The molecule has 0 saturated carbocycles. The molecule has 5 heterocycles. The number of hydrogen-bond donors (Lipinski definition) is 1. The first-order chi connectivity index (χ1) is 22.4. The van der Waals surface area contributed by atoms with Crippen LogP contribution in [0.15, 0.2) is 85.6 Å². The van der Waals surface area contributed by atoms with Crippen molar-refractivity contribution in [2.45, 2.75) is 53.0 Å². The van der Waals surface area contributed by atoms with E-state index in [1.165, 1.54) is 18.1 Å². The number of piperidine rings is 1. The molecule has 1 spiro atoms. The number of carbonyl (C=O) groups excluding carboxylic acids is 1. The topological polar surface area (TPSA) is 93.2 Å². The lowest BCUT2D eigenvalue weighted by molar-refractivity contribution is -0.129. The van der Waals surface area contributed by atoms with Gasteiger partial charge in [-0.05, 0) is 91.8 Å². The Labute approximate surface area is 272 Å². The summed E-state index contributed by atoms with van der Waals surface area (Å²) in [7, 11) is 0. The standard InChI is InChI=1S/C36H39N7O.C2H6/c1-3-32(44)42-20-5-17-36(24-42)18-21-41(23-36)22-26-9-13-28(14-10-26)43-34(29-6-4-19-38-33(29)37)40-31-16-15-30(39-35(31)43)27-11-7-25(2)8-12-27;1-2/h3-4,6-7,9-16,19,25H,1,5,8,17-18,20-24H2,2H3,(H2,37,38);1-2H3. The van der Waals surface area contributed by atoms with Crippen LogP contribution in [0.25, 0.3) is 33.8 Å². The zero-order valence-corrected chi connectivity index (χ0v) is 27.3. The highest BCUT2D eigenvalue weighted by molar-refractivity contribution is 5.87. The highest BCUT2D eigenvalue weighted by Gasteiger charge is 2.42. The molecular weight excluding hydrogens is 570 g/mol. The summed E-state index contributed by atoms with van der Waals surface area (Å²) in [6.45, 7) is 14.5. The third kappa shape index (κ3) is 6.27. The van der Waals surface area contributed by atoms with Gasteiger partial charge in [0.15, 0.2) is 11.5 Å². The van der Waals surface area contributed by atoms with Gasteiger partial charge in [-0.3, -0.25) is 14.3 Å². The number of carbonyl (C=O) groups is 1. The Hall–Kier alpha value is -4.56. The zero-order valence-electron chi connectivity index (χ0n) is 27.3. The number of nitrogen functional groups attached to an aromatic ring is 1. The summed E-state index contributed by atoms with van der Waals surface area (Å²) in [6.07, 6.45) is 14.2. The van der Waals surface area contributed by atoms with Crippen molar-refractivity contribution in [1.82, 2.24) is 29.3 Å². The van der Waals surface area contributed by atoms with E-state index in [-0.39, 0.29) is 11.3 Å². The summed E-state index contributed by atoms with van der Waals surface area (Å²) in [5.41, 5.74) is 13.2. The van der Waals surface area contributed by atoms with Crippen molar-refractivity contribution in [3.05, 3.63) is 96.9 Å². The van der Waals surface area contributed by atoms with E-state index in [9.17, 15) is 4.79 Å². The van der Waals surface area contributed by atoms with Crippen molar-refractivity contribution in [1.29, 1.82) is 0 Å². The number of nitrogens with two attached hydrogens (primary N) is 1. The molecule has 1 aromatic carbocycles. The minimum atomic E-state index is 0.0562. The molecule has 2 atom stereocenters. The monoisotopic (exact) mass is 615 g/mol. The molecule has 3 aliphatic rings. The Balaban J connectivity index is 0.00000182. The average molecular weight is 616 g/mol. The van der Waals surface area contributed by atoms with Gasteiger partial charge in [0.1, 0.15) is 11.3 Å². The lowest BCUT2D eigenvalue weighted by atomic mass is 9.79. The Morgan fingerprint density at radius 3 is 2.63 bits per heavy atom. The van der Waals surface area contributed by atoms with E-state index in [2.05, 4.69) is 70.4 Å². The Morgan fingerprint density at radius 2 is 1.89 bits per heavy atom. The maximum absolute atomic E-state index is 12.3. The van der Waals surface area contributed by atoms with Crippen molar-refractivity contribution in [2.24, 2.45) is 11.3 Å². The summed E-state index contributed by atoms with van der Waals surface area (Å²) < 4.78 is 2.10. The minimum absolute atomic E-state index is 0.0562. The van der Waals surface area contributed by atoms with Crippen LogP contribution < -0.4 is 5.73 Å². The molecule has 4 aromatic rings. The molecular formula is C38H45N7O. The van der Waals surface area contributed by atoms with Crippen LogP contribution in [0, 0.1) is 11.3 Å². The predicted octanol–water partition coefficient (Wildman–Crippen LogP) is 7.07. The van der Waals surface area contributed by atoms with E-state index in [4.69, 9.17) is 15.7 Å². The molecule has 7 rings (SSSR count). The molecule has 2 fully saturated rings. The van der Waals surface area contributed by atoms with E-state index >= 15 is 0 Å². The second kappa shape index (κ2) is 13.4. The Kier molecular flexibility index (Phi) is 9.17. The second-order valence-electron chi connectivity index (χ2n) is 12.7. The number of imidazole rings is 1. The first-order valence-corrected chi connectivity index (χ1v) is 16.6. The van der Waals surface area contributed by atoms with Crippen LogP contribution in [-0.4, -0.2) is 61.4 Å². The fourth-order valence-corrected chi connectivity index (χ4v) is 7.10. The number of rotatable bonds is 6. The lowest BCUT2D eigenvalue weighted by Crippen LogP contribution is -2.46. The number of anilines is 1. The third-order valence-electron chi connectivity index (χ3n) is 9.46. The van der Waals surface area contributed by atoms with Gasteiger partial charge >= 0.3 is 0 Å². The number of allylic oxidation sites excluding steroid dienone is 4. The molecule has 1 amide bonds. The van der Waals surface area contributed by atoms with Gasteiger partial charge in [-0.2, -0.15) is 0 Å². The van der Waals surface area contributed by atoms with Crippen LogP contribution in [0.1, 0.15) is 57.7 Å². The van der Waals surface area contributed by atoms with Gasteiger partial charge in [0.05, 0.1) is 11.3 Å². The number of fused-ring (bicyclic) bond motifs is 1. The average Bonchev–Trinajstić information content (AvgIpc) is 3.66. The van der Waals surface area contributed by atoms with Crippen LogP contribution >= 0.6 is 0 Å². The molecule has 238 valence electrons. The maximum atomic E-state index is 12.3. The summed E-state index contributed by atoms with van der Waals surface area (Å²) in [4.78, 5) is 31.3. The summed E-state index contributed by atoms with van der Waals surface area (Å²) in [6, 6.07) is 16.7. The molecule has 8 nitrogen and oxygen atoms in total. The van der Waals surface area contributed by atoms with Crippen LogP contribution in [0.2, 0.25) is 0 Å². The molecule has 46 heavy (non-hydrogen) atoms. The largest absolute Gasteiger partial charge is 0.383 e. The minimum Gasteiger partial charge on any atom is -0.383 e. The zero-order chi connectivity index (χ0) is 32.3. The van der Waals surface area contributed by atoms with Gasteiger partial charge in [-0.15, -0.1) is 0 Å². The van der Waals surface area contributed by atoms with Crippen LogP contribution in [0.4, 0.5) is 5.82 Å². The normalized spacial score (nSPS) is 21.2. The summed E-state index contributed by atoms with van der Waals surface area (Å²) in [5, 5.41) is 0. The number of hydrogen-bond acceptors (Lipinski definition) is 6. The molecule has 3 aromatic heterocycles. The van der Waals surface area contributed by atoms with Gasteiger partial charge in [0.2, 0.25) is 5.91 Å². The van der Waals surface area contributed by atoms with Gasteiger partial charge in [0.25, 0.3) is 0 Å². The number of likely N-dealkylation sites (tertiary alicyclic amines) is 2. The van der Waals surface area contributed by atoms with Crippen molar-refractivity contribution < 1.29 is 4.79 Å². The van der Waals surface area contributed by atoms with Crippen LogP contribution in [-0.2, 0) is 11.3 Å². The second-order valence-corrected chi connectivity index (χ2v) is 12.7. The van der Waals surface area contributed by atoms with E-state index in [0.717, 1.165) is 91.5 Å². The van der Waals surface area contributed by atoms with E-state index in [1.807, 2.05) is 43.0 Å². The fraction of sp³-hybridized carbons (Fsp3) is 0.368. The molecule has 1 aliphatic carbocycles. The number of pyridine rings is 2. The number of amides is 1. The summed E-state index contributed by atoms with van der Waals surface area (Å²) >= 11 is 0. The van der Waals surface area contributed by atoms with Crippen molar-refractivity contribution in [3.63, 3.8) is 0 Å². The Morgan fingerprint density at radius 1 is 1.07 bits per heavy atom. The molecule has 0 bridgehead atoms. The van der Waals surface area contributed by atoms with Gasteiger partial charge in [-0.25, -0.2) is 15.0 Å². The molecule has 2 saturated heterocycles. The molecule has 2 aliphatic heterocycles. The third-order valence-corrected chi connectivity index (χ3v) is 9.46. The fourth-order valence-electron chi connectivity index (χ4n) is 7.10. The number of nitrogens with zero attached hydrogens (tertiary/aromatic N) is 6. The van der Waals surface area contributed by atoms with Crippen LogP contribution in [0.3, 0.4) is 0 Å². The first-order valence-electron chi connectivity index (χ1n) is 16.6. The quantitative estimate of drug-likeness (QED) is 0.233. The Bertz CT molecular complexity index is 1790. The van der Waals surface area contributed by atoms with Crippen LogP contribution in [0.5, 0.6) is 0 Å². The van der Waals surface area contributed by atoms with Gasteiger partial charge in [-0.1, -0.05) is 57.7 Å².